The molecule has 112 valence electrons. The SMILES string of the molecule is COc1ccc(C(=O)N2CCN(C(=O)C3CC3)CC2)cc1. The van der Waals surface area contributed by atoms with Gasteiger partial charge in [0.05, 0.1) is 7.11 Å². The number of rotatable bonds is 3. The molecule has 1 aromatic rings. The van der Waals surface area contributed by atoms with Gasteiger partial charge in [0, 0.05) is 37.7 Å². The van der Waals surface area contributed by atoms with Crippen molar-refractivity contribution in [3.8, 4) is 5.75 Å². The quantitative estimate of drug-likeness (QED) is 0.844. The van der Waals surface area contributed by atoms with Crippen LogP contribution in [0.2, 0.25) is 0 Å². The second-order valence-electron chi connectivity index (χ2n) is 5.62. The van der Waals surface area contributed by atoms with E-state index >= 15 is 0 Å². The van der Waals surface area contributed by atoms with E-state index in [-0.39, 0.29) is 17.7 Å². The average molecular weight is 288 g/mol. The second kappa shape index (κ2) is 5.76. The van der Waals surface area contributed by atoms with Crippen molar-refractivity contribution in [3.63, 3.8) is 0 Å². The van der Waals surface area contributed by atoms with E-state index in [1.165, 1.54) is 0 Å². The summed E-state index contributed by atoms with van der Waals surface area (Å²) in [5.74, 6) is 1.29. The zero-order chi connectivity index (χ0) is 14.8. The topological polar surface area (TPSA) is 49.9 Å². The first-order chi connectivity index (χ1) is 10.2. The Bertz CT molecular complexity index is 529. The molecular formula is C16H20N2O3. The molecule has 1 aliphatic carbocycles. The molecule has 1 saturated carbocycles. The lowest BCUT2D eigenvalue weighted by molar-refractivity contribution is -0.134. The van der Waals surface area contributed by atoms with Crippen LogP contribution in [0.4, 0.5) is 0 Å². The maximum absolute atomic E-state index is 12.4. The molecule has 0 atom stereocenters. The van der Waals surface area contributed by atoms with Crippen LogP contribution in [-0.4, -0.2) is 54.9 Å². The second-order valence-corrected chi connectivity index (χ2v) is 5.62. The summed E-state index contributed by atoms with van der Waals surface area (Å²) in [6, 6.07) is 7.14. The van der Waals surface area contributed by atoms with Crippen LogP contribution in [0, 0.1) is 5.92 Å². The number of carbonyl (C=O) groups is 2. The van der Waals surface area contributed by atoms with Gasteiger partial charge < -0.3 is 14.5 Å². The van der Waals surface area contributed by atoms with Crippen molar-refractivity contribution < 1.29 is 14.3 Å². The maximum atomic E-state index is 12.4. The lowest BCUT2D eigenvalue weighted by atomic mass is 10.1. The van der Waals surface area contributed by atoms with Gasteiger partial charge in [-0.3, -0.25) is 9.59 Å². The summed E-state index contributed by atoms with van der Waals surface area (Å²) in [7, 11) is 1.60. The van der Waals surface area contributed by atoms with Crippen molar-refractivity contribution in [1.29, 1.82) is 0 Å². The van der Waals surface area contributed by atoms with Gasteiger partial charge in [-0.05, 0) is 37.1 Å². The fourth-order valence-electron chi connectivity index (χ4n) is 2.63. The first-order valence-electron chi connectivity index (χ1n) is 7.41. The Morgan fingerprint density at radius 1 is 1.00 bits per heavy atom. The molecule has 1 aromatic carbocycles. The van der Waals surface area contributed by atoms with Crippen molar-refractivity contribution in [1.82, 2.24) is 9.80 Å². The Kier molecular flexibility index (Phi) is 3.82. The minimum Gasteiger partial charge on any atom is -0.497 e. The Labute approximate surface area is 124 Å². The molecule has 1 saturated heterocycles. The van der Waals surface area contributed by atoms with E-state index in [0.29, 0.717) is 31.7 Å². The van der Waals surface area contributed by atoms with Gasteiger partial charge in [-0.2, -0.15) is 0 Å². The number of amides is 2. The molecule has 2 fully saturated rings. The molecule has 0 bridgehead atoms. The van der Waals surface area contributed by atoms with E-state index in [9.17, 15) is 9.59 Å². The van der Waals surface area contributed by atoms with Crippen LogP contribution >= 0.6 is 0 Å². The monoisotopic (exact) mass is 288 g/mol. The predicted octanol–water partition coefficient (Wildman–Crippen LogP) is 1.39. The van der Waals surface area contributed by atoms with Gasteiger partial charge in [-0.1, -0.05) is 0 Å². The van der Waals surface area contributed by atoms with Crippen LogP contribution in [0.5, 0.6) is 5.75 Å². The number of nitrogens with zero attached hydrogens (tertiary/aromatic N) is 2. The summed E-state index contributed by atoms with van der Waals surface area (Å²) in [6.45, 7) is 2.53. The Balaban J connectivity index is 1.57. The van der Waals surface area contributed by atoms with Gasteiger partial charge in [0.15, 0.2) is 0 Å². The summed E-state index contributed by atoms with van der Waals surface area (Å²) in [5.41, 5.74) is 0.665. The minimum absolute atomic E-state index is 0.0242. The van der Waals surface area contributed by atoms with Crippen molar-refractivity contribution in [2.75, 3.05) is 33.3 Å². The lowest BCUT2D eigenvalue weighted by Crippen LogP contribution is -2.51. The van der Waals surface area contributed by atoms with Crippen LogP contribution in [0.25, 0.3) is 0 Å². The van der Waals surface area contributed by atoms with Gasteiger partial charge in [0.1, 0.15) is 5.75 Å². The van der Waals surface area contributed by atoms with Gasteiger partial charge >= 0.3 is 0 Å². The van der Waals surface area contributed by atoms with Crippen molar-refractivity contribution >= 4 is 11.8 Å². The number of carbonyl (C=O) groups excluding carboxylic acids is 2. The highest BCUT2D eigenvalue weighted by molar-refractivity contribution is 5.94. The third kappa shape index (κ3) is 3.01. The molecule has 1 aliphatic heterocycles. The molecule has 2 amide bonds. The Morgan fingerprint density at radius 3 is 2.10 bits per heavy atom. The Hall–Kier alpha value is -2.04. The highest BCUT2D eigenvalue weighted by atomic mass is 16.5. The molecule has 5 nitrogen and oxygen atoms in total. The molecular weight excluding hydrogens is 268 g/mol. The molecule has 3 rings (SSSR count). The highest BCUT2D eigenvalue weighted by Gasteiger charge is 2.35. The molecule has 0 spiro atoms. The van der Waals surface area contributed by atoms with Gasteiger partial charge in [-0.15, -0.1) is 0 Å². The van der Waals surface area contributed by atoms with Gasteiger partial charge in [0.25, 0.3) is 5.91 Å². The van der Waals surface area contributed by atoms with Crippen LogP contribution in [0.3, 0.4) is 0 Å². The highest BCUT2D eigenvalue weighted by Crippen LogP contribution is 2.31. The molecule has 21 heavy (non-hydrogen) atoms. The maximum Gasteiger partial charge on any atom is 0.253 e. The van der Waals surface area contributed by atoms with E-state index in [0.717, 1.165) is 18.6 Å². The van der Waals surface area contributed by atoms with E-state index in [2.05, 4.69) is 0 Å². The number of ether oxygens (including phenoxy) is 1. The van der Waals surface area contributed by atoms with Crippen LogP contribution < -0.4 is 4.74 Å². The number of piperazine rings is 1. The third-order valence-electron chi connectivity index (χ3n) is 4.14. The molecule has 0 N–H and O–H groups in total. The first kappa shape index (κ1) is 13.9. The van der Waals surface area contributed by atoms with E-state index in [4.69, 9.17) is 4.74 Å². The Morgan fingerprint density at radius 2 is 1.57 bits per heavy atom. The largest absolute Gasteiger partial charge is 0.497 e. The first-order valence-corrected chi connectivity index (χ1v) is 7.41. The van der Waals surface area contributed by atoms with Crippen molar-refractivity contribution in [3.05, 3.63) is 29.8 Å². The normalized spacial score (nSPS) is 18.5. The van der Waals surface area contributed by atoms with E-state index in [1.54, 1.807) is 31.4 Å². The number of methoxy groups -OCH3 is 1. The predicted molar refractivity (Wildman–Crippen MR) is 78.2 cm³/mol. The molecule has 0 radical (unpaired) electrons. The van der Waals surface area contributed by atoms with Gasteiger partial charge in [-0.25, -0.2) is 0 Å². The fourth-order valence-corrected chi connectivity index (χ4v) is 2.63. The molecule has 0 aromatic heterocycles. The number of benzene rings is 1. The van der Waals surface area contributed by atoms with E-state index in [1.807, 2.05) is 9.80 Å². The molecule has 0 unspecified atom stereocenters. The molecule has 1 heterocycles. The van der Waals surface area contributed by atoms with Crippen LogP contribution in [0.15, 0.2) is 24.3 Å². The van der Waals surface area contributed by atoms with E-state index < -0.39 is 0 Å². The van der Waals surface area contributed by atoms with Crippen LogP contribution in [-0.2, 0) is 4.79 Å². The smallest absolute Gasteiger partial charge is 0.253 e. The molecule has 2 aliphatic rings. The number of hydrogen-bond donors (Lipinski definition) is 0. The summed E-state index contributed by atoms with van der Waals surface area (Å²) in [6.07, 6.45) is 2.06. The zero-order valence-corrected chi connectivity index (χ0v) is 12.2. The van der Waals surface area contributed by atoms with Crippen molar-refractivity contribution in [2.24, 2.45) is 5.92 Å². The summed E-state index contributed by atoms with van der Waals surface area (Å²) in [4.78, 5) is 28.1. The average Bonchev–Trinajstić information content (AvgIpc) is 3.39. The summed E-state index contributed by atoms with van der Waals surface area (Å²) in [5, 5.41) is 0. The standard InChI is InChI=1S/C16H20N2O3/c1-21-14-6-4-13(5-7-14)16(20)18-10-8-17(9-11-18)15(19)12-2-3-12/h4-7,12H,2-3,8-11H2,1H3. The van der Waals surface area contributed by atoms with Crippen LogP contribution in [0.1, 0.15) is 23.2 Å². The van der Waals surface area contributed by atoms with Gasteiger partial charge in [0.2, 0.25) is 5.91 Å². The molecule has 5 heteroatoms. The summed E-state index contributed by atoms with van der Waals surface area (Å²) < 4.78 is 5.09. The third-order valence-corrected chi connectivity index (χ3v) is 4.14. The summed E-state index contributed by atoms with van der Waals surface area (Å²) >= 11 is 0. The lowest BCUT2D eigenvalue weighted by Gasteiger charge is -2.35. The fraction of sp³-hybridized carbons (Fsp3) is 0.500. The zero-order valence-electron chi connectivity index (χ0n) is 12.2. The number of hydrogen-bond acceptors (Lipinski definition) is 3. The van der Waals surface area contributed by atoms with Crippen molar-refractivity contribution in [2.45, 2.75) is 12.8 Å². The minimum atomic E-state index is 0.0242.